The molecule has 0 aliphatic carbocycles. The number of anilines is 1. The number of ketones is 1. The van der Waals surface area contributed by atoms with Gasteiger partial charge in [-0.05, 0) is 39.0 Å². The van der Waals surface area contributed by atoms with Gasteiger partial charge in [0.25, 0.3) is 11.7 Å². The largest absolute Gasteiger partial charge is 0.447 e. The molecule has 9 heteroatoms. The highest BCUT2D eigenvalue weighted by Gasteiger charge is 2.28. The Hall–Kier alpha value is -3.18. The van der Waals surface area contributed by atoms with Crippen LogP contribution in [0.4, 0.5) is 5.69 Å². The van der Waals surface area contributed by atoms with Gasteiger partial charge in [-0.2, -0.15) is 10.4 Å². The number of hydrogen-bond acceptors (Lipinski definition) is 6. The number of nitriles is 1. The highest BCUT2D eigenvalue weighted by molar-refractivity contribution is 6.41. The lowest BCUT2D eigenvalue weighted by Gasteiger charge is -2.13. The van der Waals surface area contributed by atoms with Crippen LogP contribution < -0.4 is 5.32 Å². The molecule has 0 saturated carbocycles. The molecule has 0 spiro atoms. The number of ether oxygens (including phenoxy) is 1. The Balaban J connectivity index is 2.05. The summed E-state index contributed by atoms with van der Waals surface area (Å²) in [6.45, 7) is 4.61. The molecule has 2 aromatic rings. The number of carbonyl (C=O) groups is 3. The van der Waals surface area contributed by atoms with E-state index in [0.717, 1.165) is 0 Å². The van der Waals surface area contributed by atoms with Gasteiger partial charge in [0, 0.05) is 18.4 Å². The van der Waals surface area contributed by atoms with E-state index in [-0.39, 0.29) is 16.1 Å². The average Bonchev–Trinajstić information content (AvgIpc) is 2.86. The summed E-state index contributed by atoms with van der Waals surface area (Å²) in [4.78, 5) is 36.6. The number of aryl methyl sites for hydroxylation is 2. The van der Waals surface area contributed by atoms with Crippen LogP contribution in [0.5, 0.6) is 0 Å². The van der Waals surface area contributed by atoms with Crippen molar-refractivity contribution in [3.63, 3.8) is 0 Å². The molecule has 2 rings (SSSR count). The first-order valence-corrected chi connectivity index (χ1v) is 8.29. The Bertz CT molecular complexity index is 974. The molecule has 1 heterocycles. The van der Waals surface area contributed by atoms with Gasteiger partial charge in [0.15, 0.2) is 6.10 Å². The number of benzene rings is 1. The molecule has 0 aliphatic rings. The van der Waals surface area contributed by atoms with Crippen LogP contribution in [-0.2, 0) is 21.4 Å². The van der Waals surface area contributed by atoms with Crippen LogP contribution >= 0.6 is 11.6 Å². The highest BCUT2D eigenvalue weighted by Crippen LogP contribution is 2.20. The predicted octanol–water partition coefficient (Wildman–Crippen LogP) is 2.32. The number of hydrogen-bond donors (Lipinski definition) is 1. The number of rotatable bonds is 5. The number of Topliss-reactive ketones (excluding diaryl/α,β-unsaturated/α-hetero) is 1. The number of halogens is 1. The molecule has 1 unspecified atom stereocenters. The molecular weight excluding hydrogens is 372 g/mol. The molecule has 1 aromatic carbocycles. The topological polar surface area (TPSA) is 114 Å². The van der Waals surface area contributed by atoms with Crippen molar-refractivity contribution < 1.29 is 19.1 Å². The van der Waals surface area contributed by atoms with Crippen molar-refractivity contribution in [1.29, 1.82) is 5.26 Å². The summed E-state index contributed by atoms with van der Waals surface area (Å²) in [7, 11) is 1.66. The van der Waals surface area contributed by atoms with E-state index in [1.54, 1.807) is 20.9 Å². The van der Waals surface area contributed by atoms with Gasteiger partial charge >= 0.3 is 5.97 Å². The van der Waals surface area contributed by atoms with Gasteiger partial charge in [0.05, 0.1) is 21.8 Å². The summed E-state index contributed by atoms with van der Waals surface area (Å²) in [6.07, 6.45) is -1.21. The van der Waals surface area contributed by atoms with Crippen LogP contribution in [0.2, 0.25) is 5.02 Å². The molecule has 27 heavy (non-hydrogen) atoms. The Morgan fingerprint density at radius 2 is 2.00 bits per heavy atom. The molecule has 1 aromatic heterocycles. The summed E-state index contributed by atoms with van der Waals surface area (Å²) in [5.74, 6) is -2.65. The first-order chi connectivity index (χ1) is 12.6. The van der Waals surface area contributed by atoms with Gasteiger partial charge in [-0.1, -0.05) is 11.6 Å². The maximum Gasteiger partial charge on any atom is 0.380 e. The van der Waals surface area contributed by atoms with Crippen molar-refractivity contribution in [3.05, 3.63) is 45.7 Å². The van der Waals surface area contributed by atoms with E-state index in [1.165, 1.54) is 29.8 Å². The zero-order valence-corrected chi connectivity index (χ0v) is 15.9. The number of amides is 1. The third kappa shape index (κ3) is 4.33. The number of carbonyl (C=O) groups excluding carboxylic acids is 3. The van der Waals surface area contributed by atoms with E-state index in [1.807, 2.05) is 6.07 Å². The van der Waals surface area contributed by atoms with Gasteiger partial charge in [0.1, 0.15) is 6.07 Å². The second-order valence-electron chi connectivity index (χ2n) is 5.84. The standard InChI is InChI=1S/C18H17ClN4O4/c1-9-15(10(2)23(4)22-9)16(24)18(26)27-11(3)17(25)21-13-6-5-12(8-20)14(19)7-13/h5-7,11H,1-4H3,(H,21,25). The summed E-state index contributed by atoms with van der Waals surface area (Å²) >= 11 is 5.91. The summed E-state index contributed by atoms with van der Waals surface area (Å²) in [6, 6.07) is 6.25. The minimum atomic E-state index is -1.21. The second-order valence-corrected chi connectivity index (χ2v) is 6.25. The zero-order chi connectivity index (χ0) is 20.3. The Kier molecular flexibility index (Phi) is 5.98. The molecule has 1 atom stereocenters. The summed E-state index contributed by atoms with van der Waals surface area (Å²) in [5.41, 5.74) is 1.69. The molecule has 0 bridgehead atoms. The van der Waals surface area contributed by atoms with Gasteiger partial charge in [-0.3, -0.25) is 14.3 Å². The highest BCUT2D eigenvalue weighted by atomic mass is 35.5. The third-order valence-electron chi connectivity index (χ3n) is 3.93. The zero-order valence-electron chi connectivity index (χ0n) is 15.2. The van der Waals surface area contributed by atoms with Crippen LogP contribution in [0.1, 0.15) is 34.2 Å². The maximum atomic E-state index is 12.3. The monoisotopic (exact) mass is 388 g/mol. The predicted molar refractivity (Wildman–Crippen MR) is 97.4 cm³/mol. The maximum absolute atomic E-state index is 12.3. The SMILES string of the molecule is Cc1nn(C)c(C)c1C(=O)C(=O)OC(C)C(=O)Nc1ccc(C#N)c(Cl)c1. The molecule has 8 nitrogen and oxygen atoms in total. The number of nitrogens with zero attached hydrogens (tertiary/aromatic N) is 3. The molecule has 1 amide bonds. The first-order valence-electron chi connectivity index (χ1n) is 7.91. The normalized spacial score (nSPS) is 11.4. The fourth-order valence-corrected chi connectivity index (χ4v) is 2.62. The molecule has 1 N–H and O–H groups in total. The van der Waals surface area contributed by atoms with E-state index >= 15 is 0 Å². The Labute approximate surface area is 160 Å². The molecular formula is C18H17ClN4O4. The Morgan fingerprint density at radius 1 is 1.33 bits per heavy atom. The molecule has 0 saturated heterocycles. The quantitative estimate of drug-likeness (QED) is 0.477. The van der Waals surface area contributed by atoms with Crippen molar-refractivity contribution in [3.8, 4) is 6.07 Å². The van der Waals surface area contributed by atoms with Gasteiger partial charge < -0.3 is 10.1 Å². The lowest BCUT2D eigenvalue weighted by Crippen LogP contribution is -2.32. The van der Waals surface area contributed by atoms with E-state index in [4.69, 9.17) is 21.6 Å². The van der Waals surface area contributed by atoms with Crippen LogP contribution in [-0.4, -0.2) is 33.5 Å². The van der Waals surface area contributed by atoms with Crippen LogP contribution in [0.25, 0.3) is 0 Å². The lowest BCUT2D eigenvalue weighted by molar-refractivity contribution is -0.148. The number of nitrogens with one attached hydrogen (secondary N) is 1. The lowest BCUT2D eigenvalue weighted by atomic mass is 10.1. The minimum absolute atomic E-state index is 0.161. The molecule has 140 valence electrons. The fraction of sp³-hybridized carbons (Fsp3) is 0.278. The van der Waals surface area contributed by atoms with Crippen molar-refractivity contribution in [2.24, 2.45) is 7.05 Å². The van der Waals surface area contributed by atoms with E-state index in [2.05, 4.69) is 10.4 Å². The van der Waals surface area contributed by atoms with Gasteiger partial charge in [-0.25, -0.2) is 4.79 Å². The van der Waals surface area contributed by atoms with Crippen LogP contribution in [0.15, 0.2) is 18.2 Å². The van der Waals surface area contributed by atoms with Crippen LogP contribution in [0, 0.1) is 25.2 Å². The van der Waals surface area contributed by atoms with E-state index in [0.29, 0.717) is 17.1 Å². The summed E-state index contributed by atoms with van der Waals surface area (Å²) in [5, 5.41) is 15.6. The van der Waals surface area contributed by atoms with Crippen LogP contribution in [0.3, 0.4) is 0 Å². The fourth-order valence-electron chi connectivity index (χ4n) is 2.40. The van der Waals surface area contributed by atoms with Gasteiger partial charge in [0.2, 0.25) is 0 Å². The summed E-state index contributed by atoms with van der Waals surface area (Å²) < 4.78 is 6.46. The second kappa shape index (κ2) is 8.01. The Morgan fingerprint density at radius 3 is 2.52 bits per heavy atom. The molecule has 0 aliphatic heterocycles. The van der Waals surface area contributed by atoms with E-state index in [9.17, 15) is 14.4 Å². The van der Waals surface area contributed by atoms with Crippen molar-refractivity contribution in [2.45, 2.75) is 26.9 Å². The average molecular weight is 389 g/mol. The van der Waals surface area contributed by atoms with Crippen molar-refractivity contribution in [2.75, 3.05) is 5.32 Å². The molecule has 0 radical (unpaired) electrons. The molecule has 0 fully saturated rings. The smallest absolute Gasteiger partial charge is 0.380 e. The third-order valence-corrected chi connectivity index (χ3v) is 4.24. The number of esters is 1. The van der Waals surface area contributed by atoms with Gasteiger partial charge in [-0.15, -0.1) is 0 Å². The first kappa shape index (κ1) is 20.1. The van der Waals surface area contributed by atoms with Crippen molar-refractivity contribution >= 4 is 34.9 Å². The minimum Gasteiger partial charge on any atom is -0.447 e. The van der Waals surface area contributed by atoms with E-state index < -0.39 is 23.8 Å². The number of aromatic nitrogens is 2. The van der Waals surface area contributed by atoms with Crippen molar-refractivity contribution in [1.82, 2.24) is 9.78 Å².